The summed E-state index contributed by atoms with van der Waals surface area (Å²) in [5.41, 5.74) is 0.569. The zero-order valence-electron chi connectivity index (χ0n) is 15.4. The quantitative estimate of drug-likeness (QED) is 0.473. The number of amides is 1. The van der Waals surface area contributed by atoms with Gasteiger partial charge in [0.2, 0.25) is 0 Å². The first-order chi connectivity index (χ1) is 12.2. The van der Waals surface area contributed by atoms with Crippen LogP contribution in [0.2, 0.25) is 0 Å². The minimum Gasteiger partial charge on any atom is -0.491 e. The standard InChI is InChI=1S/C19H32N2O4/c1-3-5-9-13-24-18-11-8-7-10-17(18)21-19(23)25-15-16(22)14-20-12-6-4-2/h7-8,10-11,16,20,22H,3-6,9,12-15H2,1-2H3,(H,21,23). The monoisotopic (exact) mass is 352 g/mol. The number of ether oxygens (including phenoxy) is 2. The number of carbonyl (C=O) groups excluding carboxylic acids is 1. The number of aliphatic hydroxyl groups excluding tert-OH is 1. The fraction of sp³-hybridized carbons (Fsp3) is 0.632. The average molecular weight is 352 g/mol. The van der Waals surface area contributed by atoms with Crippen molar-refractivity contribution < 1.29 is 19.4 Å². The number of unbranched alkanes of at least 4 members (excludes halogenated alkanes) is 3. The molecule has 0 aliphatic rings. The largest absolute Gasteiger partial charge is 0.491 e. The second kappa shape index (κ2) is 13.5. The highest BCUT2D eigenvalue weighted by Gasteiger charge is 2.11. The molecule has 0 bridgehead atoms. The molecule has 1 aromatic carbocycles. The smallest absolute Gasteiger partial charge is 0.411 e. The Hall–Kier alpha value is -1.79. The van der Waals surface area contributed by atoms with Gasteiger partial charge >= 0.3 is 6.09 Å². The number of anilines is 1. The van der Waals surface area contributed by atoms with Crippen LogP contribution in [-0.2, 0) is 4.74 Å². The number of benzene rings is 1. The normalized spacial score (nSPS) is 11.8. The topological polar surface area (TPSA) is 79.8 Å². The fourth-order valence-corrected chi connectivity index (χ4v) is 2.18. The minimum absolute atomic E-state index is 0.0511. The zero-order chi connectivity index (χ0) is 18.3. The zero-order valence-corrected chi connectivity index (χ0v) is 15.4. The maximum atomic E-state index is 11.9. The Labute approximate surface area is 150 Å². The van der Waals surface area contributed by atoms with E-state index in [0.29, 0.717) is 24.6 Å². The summed E-state index contributed by atoms with van der Waals surface area (Å²) in [6.45, 7) is 6.07. The number of nitrogens with one attached hydrogen (secondary N) is 2. The van der Waals surface area contributed by atoms with Crippen molar-refractivity contribution in [3.63, 3.8) is 0 Å². The first-order valence-electron chi connectivity index (χ1n) is 9.21. The van der Waals surface area contributed by atoms with Crippen molar-refractivity contribution in [1.29, 1.82) is 0 Å². The lowest BCUT2D eigenvalue weighted by Gasteiger charge is -2.14. The molecule has 0 saturated heterocycles. The molecule has 1 unspecified atom stereocenters. The number of hydrogen-bond donors (Lipinski definition) is 3. The molecule has 0 saturated carbocycles. The van der Waals surface area contributed by atoms with Crippen molar-refractivity contribution in [2.45, 2.75) is 52.1 Å². The van der Waals surface area contributed by atoms with Crippen molar-refractivity contribution in [2.75, 3.05) is 31.6 Å². The molecule has 0 aliphatic carbocycles. The van der Waals surface area contributed by atoms with E-state index in [1.165, 1.54) is 0 Å². The highest BCUT2D eigenvalue weighted by atomic mass is 16.6. The summed E-state index contributed by atoms with van der Waals surface area (Å²) in [4.78, 5) is 11.9. The number of hydrogen-bond acceptors (Lipinski definition) is 5. The Balaban J connectivity index is 2.33. The molecule has 1 aromatic rings. The van der Waals surface area contributed by atoms with Crippen LogP contribution < -0.4 is 15.4 Å². The third-order valence-corrected chi connectivity index (χ3v) is 3.62. The summed E-state index contributed by atoms with van der Waals surface area (Å²) in [6, 6.07) is 7.26. The van der Waals surface area contributed by atoms with Crippen molar-refractivity contribution in [1.82, 2.24) is 5.32 Å². The van der Waals surface area contributed by atoms with Gasteiger partial charge in [0.15, 0.2) is 0 Å². The molecule has 6 nitrogen and oxygen atoms in total. The van der Waals surface area contributed by atoms with Gasteiger partial charge in [-0.05, 0) is 31.5 Å². The summed E-state index contributed by atoms with van der Waals surface area (Å²) >= 11 is 0. The first kappa shape index (κ1) is 21.3. The van der Waals surface area contributed by atoms with Crippen LogP contribution in [0.25, 0.3) is 0 Å². The van der Waals surface area contributed by atoms with Crippen LogP contribution in [0.15, 0.2) is 24.3 Å². The van der Waals surface area contributed by atoms with Gasteiger partial charge in [-0.15, -0.1) is 0 Å². The summed E-state index contributed by atoms with van der Waals surface area (Å²) in [7, 11) is 0. The van der Waals surface area contributed by atoms with E-state index in [1.807, 2.05) is 18.2 Å². The van der Waals surface area contributed by atoms with Crippen molar-refractivity contribution in [2.24, 2.45) is 0 Å². The van der Waals surface area contributed by atoms with Gasteiger partial charge in [-0.1, -0.05) is 45.2 Å². The fourth-order valence-electron chi connectivity index (χ4n) is 2.18. The van der Waals surface area contributed by atoms with Crippen molar-refractivity contribution in [3.05, 3.63) is 24.3 Å². The molecule has 1 amide bonds. The van der Waals surface area contributed by atoms with E-state index in [2.05, 4.69) is 24.5 Å². The maximum Gasteiger partial charge on any atom is 0.411 e. The van der Waals surface area contributed by atoms with Gasteiger partial charge in [0.25, 0.3) is 0 Å². The number of carbonyl (C=O) groups is 1. The third-order valence-electron chi connectivity index (χ3n) is 3.62. The molecule has 6 heteroatoms. The van der Waals surface area contributed by atoms with Gasteiger partial charge in [0, 0.05) is 6.54 Å². The van der Waals surface area contributed by atoms with Crippen LogP contribution >= 0.6 is 0 Å². The van der Waals surface area contributed by atoms with Gasteiger partial charge in [0.1, 0.15) is 18.5 Å². The Bertz CT molecular complexity index is 482. The molecule has 1 atom stereocenters. The molecule has 0 radical (unpaired) electrons. The van der Waals surface area contributed by atoms with Gasteiger partial charge < -0.3 is 19.9 Å². The molecule has 0 fully saturated rings. The lowest BCUT2D eigenvalue weighted by Crippen LogP contribution is -2.32. The molecular weight excluding hydrogens is 320 g/mol. The minimum atomic E-state index is -0.719. The summed E-state index contributed by atoms with van der Waals surface area (Å²) in [5, 5.41) is 15.6. The van der Waals surface area contributed by atoms with Crippen LogP contribution in [0.5, 0.6) is 5.75 Å². The molecule has 25 heavy (non-hydrogen) atoms. The molecule has 1 rings (SSSR count). The lowest BCUT2D eigenvalue weighted by atomic mass is 10.2. The van der Waals surface area contributed by atoms with Crippen LogP contribution in [0.3, 0.4) is 0 Å². The van der Waals surface area contributed by atoms with Crippen LogP contribution in [0.1, 0.15) is 46.0 Å². The average Bonchev–Trinajstić information content (AvgIpc) is 2.62. The van der Waals surface area contributed by atoms with E-state index in [9.17, 15) is 9.90 Å². The van der Waals surface area contributed by atoms with Gasteiger partial charge in [-0.25, -0.2) is 4.79 Å². The van der Waals surface area contributed by atoms with Gasteiger partial charge in [-0.3, -0.25) is 5.32 Å². The summed E-state index contributed by atoms with van der Waals surface area (Å²) in [5.74, 6) is 0.623. The van der Waals surface area contributed by atoms with E-state index in [1.54, 1.807) is 6.07 Å². The second-order valence-corrected chi connectivity index (χ2v) is 5.99. The summed E-state index contributed by atoms with van der Waals surface area (Å²) < 4.78 is 10.8. The predicted octanol–water partition coefficient (Wildman–Crippen LogP) is 3.55. The highest BCUT2D eigenvalue weighted by Crippen LogP contribution is 2.24. The number of rotatable bonds is 13. The molecule has 0 aliphatic heterocycles. The summed E-state index contributed by atoms with van der Waals surface area (Å²) in [6.07, 6.45) is 4.06. The Morgan fingerprint density at radius 3 is 2.68 bits per heavy atom. The van der Waals surface area contributed by atoms with Gasteiger partial charge in [0.05, 0.1) is 12.3 Å². The third kappa shape index (κ3) is 9.94. The van der Waals surface area contributed by atoms with E-state index in [0.717, 1.165) is 38.6 Å². The van der Waals surface area contributed by atoms with Gasteiger partial charge in [-0.2, -0.15) is 0 Å². The second-order valence-electron chi connectivity index (χ2n) is 5.99. The first-order valence-corrected chi connectivity index (χ1v) is 9.21. The van der Waals surface area contributed by atoms with E-state index >= 15 is 0 Å². The maximum absolute atomic E-state index is 11.9. The molecule has 0 heterocycles. The van der Waals surface area contributed by atoms with E-state index in [4.69, 9.17) is 9.47 Å². The predicted molar refractivity (Wildman–Crippen MR) is 100 cm³/mol. The van der Waals surface area contributed by atoms with Crippen LogP contribution in [-0.4, -0.2) is 43.6 Å². The Kier molecular flexibility index (Phi) is 11.5. The molecule has 0 aromatic heterocycles. The van der Waals surface area contributed by atoms with E-state index < -0.39 is 12.2 Å². The molecule has 0 spiro atoms. The van der Waals surface area contributed by atoms with Crippen LogP contribution in [0, 0.1) is 0 Å². The van der Waals surface area contributed by atoms with E-state index in [-0.39, 0.29) is 6.61 Å². The molecule has 142 valence electrons. The highest BCUT2D eigenvalue weighted by molar-refractivity contribution is 5.86. The Morgan fingerprint density at radius 2 is 1.92 bits per heavy atom. The lowest BCUT2D eigenvalue weighted by molar-refractivity contribution is 0.0750. The number of aliphatic hydroxyl groups is 1. The Morgan fingerprint density at radius 1 is 1.16 bits per heavy atom. The van der Waals surface area contributed by atoms with Crippen molar-refractivity contribution in [3.8, 4) is 5.75 Å². The molecule has 3 N–H and O–H groups in total. The molecular formula is C19H32N2O4. The van der Waals surface area contributed by atoms with Crippen LogP contribution in [0.4, 0.5) is 10.5 Å². The van der Waals surface area contributed by atoms with Crippen molar-refractivity contribution >= 4 is 11.8 Å². The SMILES string of the molecule is CCCCCOc1ccccc1NC(=O)OCC(O)CNCCCC. The number of para-hydroxylation sites is 2.